The van der Waals surface area contributed by atoms with Crippen LogP contribution < -0.4 is 0 Å². The van der Waals surface area contributed by atoms with Crippen LogP contribution in [-0.2, 0) is 20.7 Å². The van der Waals surface area contributed by atoms with Gasteiger partial charge in [0.15, 0.2) is 5.54 Å². The third-order valence-corrected chi connectivity index (χ3v) is 5.95. The minimum absolute atomic E-state index is 0.00503. The SMILES string of the molecule is COC(=O)C12CC1N(C1=NCC(=O)N3CCc4c(C)cccc4C3=C1)C=N2. The first-order valence-corrected chi connectivity index (χ1v) is 9.12. The van der Waals surface area contributed by atoms with Crippen molar-refractivity contribution in [3.05, 3.63) is 41.0 Å². The van der Waals surface area contributed by atoms with Crippen molar-refractivity contribution in [3.63, 3.8) is 0 Å². The van der Waals surface area contributed by atoms with Crippen molar-refractivity contribution in [3.8, 4) is 0 Å². The highest BCUT2D eigenvalue weighted by Gasteiger charge is 2.67. The van der Waals surface area contributed by atoms with E-state index >= 15 is 0 Å². The van der Waals surface area contributed by atoms with E-state index in [-0.39, 0.29) is 24.5 Å². The van der Waals surface area contributed by atoms with Gasteiger partial charge in [-0.3, -0.25) is 14.8 Å². The van der Waals surface area contributed by atoms with E-state index in [0.717, 1.165) is 17.7 Å². The fraction of sp³-hybridized carbons (Fsp3) is 0.400. The maximum absolute atomic E-state index is 12.7. The average Bonchev–Trinajstić information content (AvgIpc) is 3.34. The number of aliphatic imine (C=N–C) groups is 2. The maximum Gasteiger partial charge on any atom is 0.336 e. The standard InChI is InChI=1S/C20H20N4O3/c1-12-4-3-5-14-13(12)6-7-23-15(14)8-17(21-10-18(23)25)24-11-22-20(9-16(20)24)19(26)27-2/h3-5,8,11,16H,6-7,9-10H2,1-2H3. The lowest BCUT2D eigenvalue weighted by Gasteiger charge is -2.31. The molecule has 2 atom stereocenters. The molecule has 0 radical (unpaired) electrons. The lowest BCUT2D eigenvalue weighted by Crippen LogP contribution is -2.36. The molecular weight excluding hydrogens is 344 g/mol. The van der Waals surface area contributed by atoms with Crippen LogP contribution in [0.3, 0.4) is 0 Å². The van der Waals surface area contributed by atoms with Gasteiger partial charge in [-0.15, -0.1) is 0 Å². The van der Waals surface area contributed by atoms with Gasteiger partial charge in [0.25, 0.3) is 0 Å². The van der Waals surface area contributed by atoms with Gasteiger partial charge in [0, 0.05) is 24.6 Å². The Morgan fingerprint density at radius 3 is 3.00 bits per heavy atom. The molecule has 1 fully saturated rings. The molecule has 0 saturated heterocycles. The molecule has 0 bridgehead atoms. The van der Waals surface area contributed by atoms with E-state index in [9.17, 15) is 9.59 Å². The molecule has 7 nitrogen and oxygen atoms in total. The van der Waals surface area contributed by atoms with Gasteiger partial charge in [0.05, 0.1) is 25.2 Å². The van der Waals surface area contributed by atoms with Crippen LogP contribution in [0.15, 0.2) is 34.3 Å². The number of benzene rings is 1. The molecule has 1 aromatic carbocycles. The van der Waals surface area contributed by atoms with Crippen LogP contribution in [0.2, 0.25) is 0 Å². The topological polar surface area (TPSA) is 74.6 Å². The minimum atomic E-state index is -0.799. The van der Waals surface area contributed by atoms with Crippen molar-refractivity contribution in [2.45, 2.75) is 31.3 Å². The van der Waals surface area contributed by atoms with Crippen LogP contribution in [0, 0.1) is 6.92 Å². The van der Waals surface area contributed by atoms with Crippen molar-refractivity contribution in [1.29, 1.82) is 0 Å². The largest absolute Gasteiger partial charge is 0.467 e. The first-order chi connectivity index (χ1) is 13.0. The number of amides is 1. The number of rotatable bonds is 1. The lowest BCUT2D eigenvalue weighted by molar-refractivity contribution is -0.143. The number of amidine groups is 1. The van der Waals surface area contributed by atoms with E-state index in [0.29, 0.717) is 18.8 Å². The lowest BCUT2D eigenvalue weighted by atomic mass is 9.92. The van der Waals surface area contributed by atoms with E-state index in [1.165, 1.54) is 18.2 Å². The van der Waals surface area contributed by atoms with E-state index in [1.807, 2.05) is 21.9 Å². The fourth-order valence-electron chi connectivity index (χ4n) is 4.35. The fourth-order valence-corrected chi connectivity index (χ4v) is 4.35. The average molecular weight is 364 g/mol. The molecule has 0 aromatic heterocycles. The summed E-state index contributed by atoms with van der Waals surface area (Å²) in [6.45, 7) is 2.86. The number of ether oxygens (including phenoxy) is 1. The van der Waals surface area contributed by atoms with Gasteiger partial charge in [-0.05, 0) is 24.5 Å². The van der Waals surface area contributed by atoms with Crippen molar-refractivity contribution >= 4 is 29.7 Å². The van der Waals surface area contributed by atoms with Crippen molar-refractivity contribution < 1.29 is 14.3 Å². The summed E-state index contributed by atoms with van der Waals surface area (Å²) in [5.74, 6) is 0.353. The number of fused-ring (bicyclic) bond motifs is 4. The predicted molar refractivity (Wildman–Crippen MR) is 100 cm³/mol. The summed E-state index contributed by atoms with van der Waals surface area (Å²) in [5, 5.41) is 0. The number of nitrogens with zero attached hydrogens (tertiary/aromatic N) is 4. The maximum atomic E-state index is 12.7. The third kappa shape index (κ3) is 2.20. The molecule has 0 N–H and O–H groups in total. The van der Waals surface area contributed by atoms with Gasteiger partial charge in [-0.2, -0.15) is 0 Å². The van der Waals surface area contributed by atoms with E-state index in [4.69, 9.17) is 4.74 Å². The number of carbonyl (C=O) groups excluding carboxylic acids is 2. The molecule has 2 unspecified atom stereocenters. The van der Waals surface area contributed by atoms with Gasteiger partial charge >= 0.3 is 5.97 Å². The Labute approximate surface area is 157 Å². The zero-order valence-electron chi connectivity index (χ0n) is 15.3. The second-order valence-electron chi connectivity index (χ2n) is 7.39. The van der Waals surface area contributed by atoms with E-state index in [2.05, 4.69) is 29.0 Å². The van der Waals surface area contributed by atoms with Crippen LogP contribution in [0.25, 0.3) is 5.70 Å². The molecule has 3 heterocycles. The molecular formula is C20H20N4O3. The number of methoxy groups -OCH3 is 1. The van der Waals surface area contributed by atoms with Crippen molar-refractivity contribution in [2.24, 2.45) is 9.98 Å². The van der Waals surface area contributed by atoms with Crippen LogP contribution in [0.1, 0.15) is 23.1 Å². The summed E-state index contributed by atoms with van der Waals surface area (Å²) in [4.78, 5) is 37.4. The van der Waals surface area contributed by atoms with Gasteiger partial charge in [-0.25, -0.2) is 4.79 Å². The van der Waals surface area contributed by atoms with Crippen LogP contribution in [0.5, 0.6) is 0 Å². The Morgan fingerprint density at radius 1 is 1.37 bits per heavy atom. The zero-order chi connectivity index (χ0) is 18.8. The monoisotopic (exact) mass is 364 g/mol. The van der Waals surface area contributed by atoms with Crippen LogP contribution in [-0.4, -0.2) is 65.6 Å². The minimum Gasteiger partial charge on any atom is -0.467 e. The number of hydrogen-bond donors (Lipinski definition) is 0. The molecule has 5 rings (SSSR count). The summed E-state index contributed by atoms with van der Waals surface area (Å²) in [7, 11) is 1.38. The molecule has 0 spiro atoms. The van der Waals surface area contributed by atoms with Gasteiger partial charge < -0.3 is 14.5 Å². The van der Waals surface area contributed by atoms with Gasteiger partial charge in [-0.1, -0.05) is 18.2 Å². The number of hydrogen-bond acceptors (Lipinski definition) is 6. The Kier molecular flexibility index (Phi) is 3.32. The Morgan fingerprint density at radius 2 is 2.22 bits per heavy atom. The highest BCUT2D eigenvalue weighted by atomic mass is 16.5. The van der Waals surface area contributed by atoms with E-state index in [1.54, 1.807) is 6.34 Å². The molecule has 1 amide bonds. The molecule has 3 aliphatic heterocycles. The summed E-state index contributed by atoms with van der Waals surface area (Å²) in [6, 6.07) is 6.10. The summed E-state index contributed by atoms with van der Waals surface area (Å²) in [6.07, 6.45) is 5.08. The number of esters is 1. The molecule has 138 valence electrons. The molecule has 7 heteroatoms. The van der Waals surface area contributed by atoms with E-state index < -0.39 is 5.54 Å². The number of carbonyl (C=O) groups is 2. The third-order valence-electron chi connectivity index (χ3n) is 5.95. The number of aryl methyl sites for hydroxylation is 1. The first-order valence-electron chi connectivity index (χ1n) is 9.12. The second-order valence-corrected chi connectivity index (χ2v) is 7.39. The van der Waals surface area contributed by atoms with Crippen molar-refractivity contribution in [2.75, 3.05) is 20.2 Å². The van der Waals surface area contributed by atoms with Crippen LogP contribution in [0.4, 0.5) is 0 Å². The second kappa shape index (κ2) is 5.52. The molecule has 1 aliphatic carbocycles. The van der Waals surface area contributed by atoms with Gasteiger partial charge in [0.2, 0.25) is 5.91 Å². The Balaban J connectivity index is 1.55. The quantitative estimate of drug-likeness (QED) is 0.701. The Bertz CT molecular complexity index is 964. The smallest absolute Gasteiger partial charge is 0.336 e. The van der Waals surface area contributed by atoms with Crippen molar-refractivity contribution in [1.82, 2.24) is 9.80 Å². The van der Waals surface area contributed by atoms with Gasteiger partial charge in [0.1, 0.15) is 12.4 Å². The first kappa shape index (κ1) is 16.2. The summed E-state index contributed by atoms with van der Waals surface area (Å²) in [5.41, 5.74) is 3.67. The predicted octanol–water partition coefficient (Wildman–Crippen LogP) is 1.16. The summed E-state index contributed by atoms with van der Waals surface area (Å²) < 4.78 is 4.90. The molecule has 27 heavy (non-hydrogen) atoms. The molecule has 1 saturated carbocycles. The normalized spacial score (nSPS) is 27.9. The van der Waals surface area contributed by atoms with Crippen LogP contribution >= 0.6 is 0 Å². The Hall–Kier alpha value is -2.96. The zero-order valence-corrected chi connectivity index (χ0v) is 15.3. The molecule has 1 aromatic rings. The highest BCUT2D eigenvalue weighted by Crippen LogP contribution is 2.49. The molecule has 4 aliphatic rings. The highest BCUT2D eigenvalue weighted by molar-refractivity contribution is 6.11. The summed E-state index contributed by atoms with van der Waals surface area (Å²) >= 11 is 0.